The third-order valence-electron chi connectivity index (χ3n) is 4.25. The van der Waals surface area contributed by atoms with E-state index in [1.807, 2.05) is 20.8 Å². The van der Waals surface area contributed by atoms with Gasteiger partial charge in [0.2, 0.25) is 0 Å². The van der Waals surface area contributed by atoms with E-state index < -0.39 is 21.5 Å². The van der Waals surface area contributed by atoms with E-state index in [0.717, 1.165) is 19.3 Å². The number of rotatable bonds is 8. The average molecular weight is 405 g/mol. The summed E-state index contributed by atoms with van der Waals surface area (Å²) in [6.07, 6.45) is 3.20. The first-order valence-electron chi connectivity index (χ1n) is 9.69. The highest BCUT2D eigenvalue weighted by atomic mass is 32.2. The number of alkyl carbamates (subject to hydrolysis) is 1. The minimum Gasteiger partial charge on any atom is -0.444 e. The molecule has 1 aliphatic rings. The summed E-state index contributed by atoms with van der Waals surface area (Å²) in [6.45, 7) is 8.59. The molecule has 0 aromatic heterocycles. The van der Waals surface area contributed by atoms with Crippen molar-refractivity contribution in [3.63, 3.8) is 0 Å². The first kappa shape index (κ1) is 23.5. The van der Waals surface area contributed by atoms with Gasteiger partial charge in [-0.05, 0) is 39.5 Å². The predicted molar refractivity (Wildman–Crippen MR) is 109 cm³/mol. The van der Waals surface area contributed by atoms with Crippen LogP contribution in [0.1, 0.15) is 53.4 Å². The summed E-state index contributed by atoms with van der Waals surface area (Å²) >= 11 is 0. The van der Waals surface area contributed by atoms with Crippen LogP contribution in [-0.4, -0.2) is 63.8 Å². The van der Waals surface area contributed by atoms with Gasteiger partial charge in [-0.15, -0.1) is 0 Å². The van der Waals surface area contributed by atoms with Gasteiger partial charge in [-0.3, -0.25) is 4.99 Å². The molecule has 0 bridgehead atoms. The van der Waals surface area contributed by atoms with E-state index in [1.165, 1.54) is 0 Å². The minimum atomic E-state index is -2.88. The molecule has 2 atom stereocenters. The monoisotopic (exact) mass is 404 g/mol. The summed E-state index contributed by atoms with van der Waals surface area (Å²) in [4.78, 5) is 16.1. The van der Waals surface area contributed by atoms with Gasteiger partial charge in [0.15, 0.2) is 15.8 Å². The zero-order chi connectivity index (χ0) is 20.5. The Morgan fingerprint density at radius 1 is 1.30 bits per heavy atom. The standard InChI is InChI=1S/C18H36N4O4S/c1-6-7-8-15(12-21-17(23)26-18(2,3)4)22-16(19-5)20-11-14-9-10-27(24,25)13-14/h14-15H,6-13H2,1-5H3,(H,21,23)(H2,19,20,22). The molecule has 1 aliphatic heterocycles. The molecule has 1 heterocycles. The first-order valence-corrected chi connectivity index (χ1v) is 11.5. The Morgan fingerprint density at radius 3 is 2.52 bits per heavy atom. The summed E-state index contributed by atoms with van der Waals surface area (Å²) < 4.78 is 28.4. The number of sulfone groups is 1. The van der Waals surface area contributed by atoms with Gasteiger partial charge in [0.1, 0.15) is 5.60 Å². The van der Waals surface area contributed by atoms with Gasteiger partial charge in [-0.2, -0.15) is 0 Å². The summed E-state index contributed by atoms with van der Waals surface area (Å²) in [5, 5.41) is 9.33. The van der Waals surface area contributed by atoms with Gasteiger partial charge in [-0.1, -0.05) is 19.8 Å². The lowest BCUT2D eigenvalue weighted by Gasteiger charge is -2.24. The van der Waals surface area contributed by atoms with Crippen LogP contribution in [0.3, 0.4) is 0 Å². The number of nitrogens with one attached hydrogen (secondary N) is 3. The molecule has 0 aromatic carbocycles. The molecule has 3 N–H and O–H groups in total. The molecule has 1 amide bonds. The first-order chi connectivity index (χ1) is 12.5. The van der Waals surface area contributed by atoms with Crippen molar-refractivity contribution in [1.29, 1.82) is 0 Å². The van der Waals surface area contributed by atoms with Crippen molar-refractivity contribution in [2.45, 2.75) is 65.0 Å². The Kier molecular flexibility index (Phi) is 9.35. The molecular weight excluding hydrogens is 368 g/mol. The quantitative estimate of drug-likeness (QED) is 0.419. The number of carbonyl (C=O) groups excluding carboxylic acids is 1. The molecule has 9 heteroatoms. The Morgan fingerprint density at radius 2 is 2.00 bits per heavy atom. The van der Waals surface area contributed by atoms with Gasteiger partial charge in [0.25, 0.3) is 0 Å². The Balaban J connectivity index is 2.50. The lowest BCUT2D eigenvalue weighted by molar-refractivity contribution is 0.0522. The number of ether oxygens (including phenoxy) is 1. The summed E-state index contributed by atoms with van der Waals surface area (Å²) in [5.41, 5.74) is -0.532. The number of hydrogen-bond acceptors (Lipinski definition) is 5. The maximum atomic E-state index is 11.9. The number of nitrogens with zero attached hydrogens (tertiary/aromatic N) is 1. The maximum absolute atomic E-state index is 11.9. The Hall–Kier alpha value is -1.51. The fraction of sp³-hybridized carbons (Fsp3) is 0.889. The molecule has 8 nitrogen and oxygen atoms in total. The van der Waals surface area contributed by atoms with Crippen molar-refractivity contribution >= 4 is 21.9 Å². The minimum absolute atomic E-state index is 0.0102. The summed E-state index contributed by atoms with van der Waals surface area (Å²) in [6, 6.07) is 0.0102. The molecule has 158 valence electrons. The molecule has 1 fully saturated rings. The highest BCUT2D eigenvalue weighted by Gasteiger charge is 2.28. The van der Waals surface area contributed by atoms with Gasteiger partial charge in [0.05, 0.1) is 11.5 Å². The van der Waals surface area contributed by atoms with Crippen molar-refractivity contribution in [1.82, 2.24) is 16.0 Å². The van der Waals surface area contributed by atoms with Crippen LogP contribution in [0.2, 0.25) is 0 Å². The molecule has 1 rings (SSSR count). The van der Waals surface area contributed by atoms with Crippen molar-refractivity contribution in [2.24, 2.45) is 10.9 Å². The molecule has 0 spiro atoms. The number of unbranched alkanes of at least 4 members (excludes halogenated alkanes) is 1. The molecule has 0 aliphatic carbocycles. The number of guanidine groups is 1. The third-order valence-corrected chi connectivity index (χ3v) is 6.08. The highest BCUT2D eigenvalue weighted by molar-refractivity contribution is 7.91. The van der Waals surface area contributed by atoms with E-state index in [1.54, 1.807) is 7.05 Å². The normalized spacial score (nSPS) is 20.8. The van der Waals surface area contributed by atoms with E-state index in [0.29, 0.717) is 25.5 Å². The second-order valence-corrected chi connectivity index (χ2v) is 10.3. The number of amides is 1. The van der Waals surface area contributed by atoms with Crippen LogP contribution in [0.25, 0.3) is 0 Å². The highest BCUT2D eigenvalue weighted by Crippen LogP contribution is 2.17. The molecule has 0 radical (unpaired) electrons. The topological polar surface area (TPSA) is 109 Å². The van der Waals surface area contributed by atoms with Gasteiger partial charge in [0, 0.05) is 26.2 Å². The van der Waals surface area contributed by atoms with Crippen LogP contribution in [0, 0.1) is 5.92 Å². The van der Waals surface area contributed by atoms with E-state index in [9.17, 15) is 13.2 Å². The van der Waals surface area contributed by atoms with Crippen LogP contribution < -0.4 is 16.0 Å². The van der Waals surface area contributed by atoms with Crippen LogP contribution in [0.4, 0.5) is 4.79 Å². The molecule has 0 saturated carbocycles. The van der Waals surface area contributed by atoms with E-state index >= 15 is 0 Å². The fourth-order valence-corrected chi connectivity index (χ4v) is 4.72. The Labute approximate surface area is 163 Å². The number of carbonyl (C=O) groups is 1. The van der Waals surface area contributed by atoms with Crippen molar-refractivity contribution in [3.05, 3.63) is 0 Å². The second-order valence-electron chi connectivity index (χ2n) is 8.09. The van der Waals surface area contributed by atoms with Crippen molar-refractivity contribution in [2.75, 3.05) is 31.6 Å². The van der Waals surface area contributed by atoms with Crippen LogP contribution in [0.15, 0.2) is 4.99 Å². The average Bonchev–Trinajstić information content (AvgIpc) is 2.90. The Bertz CT molecular complexity index is 599. The molecule has 2 unspecified atom stereocenters. The molecule has 27 heavy (non-hydrogen) atoms. The van der Waals surface area contributed by atoms with Gasteiger partial charge < -0.3 is 20.7 Å². The fourth-order valence-electron chi connectivity index (χ4n) is 2.86. The van der Waals surface area contributed by atoms with E-state index in [-0.39, 0.29) is 23.5 Å². The largest absolute Gasteiger partial charge is 0.444 e. The molecule has 0 aromatic rings. The number of hydrogen-bond donors (Lipinski definition) is 3. The second kappa shape index (κ2) is 10.7. The SMILES string of the molecule is CCCCC(CNC(=O)OC(C)(C)C)NC(=NC)NCC1CCS(=O)(=O)C1. The summed E-state index contributed by atoms with van der Waals surface area (Å²) in [7, 11) is -1.20. The summed E-state index contributed by atoms with van der Waals surface area (Å²) in [5.74, 6) is 1.23. The van der Waals surface area contributed by atoms with Crippen LogP contribution >= 0.6 is 0 Å². The van der Waals surface area contributed by atoms with Gasteiger partial charge in [-0.25, -0.2) is 13.2 Å². The number of aliphatic imine (C=N–C) groups is 1. The van der Waals surface area contributed by atoms with E-state index in [2.05, 4.69) is 27.9 Å². The van der Waals surface area contributed by atoms with Crippen LogP contribution in [0.5, 0.6) is 0 Å². The predicted octanol–water partition coefficient (Wildman–Crippen LogP) is 1.67. The van der Waals surface area contributed by atoms with Crippen LogP contribution in [-0.2, 0) is 14.6 Å². The maximum Gasteiger partial charge on any atom is 0.407 e. The lowest BCUT2D eigenvalue weighted by atomic mass is 10.1. The van der Waals surface area contributed by atoms with Crippen molar-refractivity contribution in [3.8, 4) is 0 Å². The van der Waals surface area contributed by atoms with Gasteiger partial charge >= 0.3 is 6.09 Å². The van der Waals surface area contributed by atoms with E-state index in [4.69, 9.17) is 4.74 Å². The van der Waals surface area contributed by atoms with Crippen molar-refractivity contribution < 1.29 is 17.9 Å². The molecule has 1 saturated heterocycles. The lowest BCUT2D eigenvalue weighted by Crippen LogP contribution is -2.49. The zero-order valence-corrected chi connectivity index (χ0v) is 18.1. The smallest absolute Gasteiger partial charge is 0.407 e. The third kappa shape index (κ3) is 10.4. The zero-order valence-electron chi connectivity index (χ0n) is 17.3. The molecular formula is C18H36N4O4S.